The van der Waals surface area contributed by atoms with Crippen LogP contribution >= 0.6 is 11.6 Å². The molecule has 0 aliphatic carbocycles. The van der Waals surface area contributed by atoms with Gasteiger partial charge in [0.2, 0.25) is 0 Å². The third-order valence-electron chi connectivity index (χ3n) is 3.15. The maximum atomic E-state index is 5.90. The molecule has 0 spiro atoms. The molecule has 1 aromatic rings. The molecule has 0 fully saturated rings. The number of benzene rings is 1. The monoisotopic (exact) mass is 253 g/mol. The van der Waals surface area contributed by atoms with Gasteiger partial charge < -0.3 is 10.1 Å². The van der Waals surface area contributed by atoms with Gasteiger partial charge in [-0.25, -0.2) is 0 Å². The highest BCUT2D eigenvalue weighted by molar-refractivity contribution is 6.18. The second-order valence-corrected chi connectivity index (χ2v) is 5.74. The van der Waals surface area contributed by atoms with Crippen LogP contribution in [0.2, 0.25) is 0 Å². The Morgan fingerprint density at radius 1 is 1.41 bits per heavy atom. The molecular formula is C14H20ClNO. The van der Waals surface area contributed by atoms with Crippen LogP contribution in [-0.2, 0) is 0 Å². The number of nitrogens with one attached hydrogen (secondary N) is 1. The summed E-state index contributed by atoms with van der Waals surface area (Å²) < 4.78 is 5.65. The minimum absolute atomic E-state index is 0.153. The lowest BCUT2D eigenvalue weighted by Crippen LogP contribution is -2.33. The summed E-state index contributed by atoms with van der Waals surface area (Å²) >= 11 is 5.90. The number of para-hydroxylation sites is 1. The van der Waals surface area contributed by atoms with Crippen molar-refractivity contribution in [3.8, 4) is 5.75 Å². The van der Waals surface area contributed by atoms with E-state index in [1.54, 1.807) is 0 Å². The van der Waals surface area contributed by atoms with E-state index in [4.69, 9.17) is 16.3 Å². The summed E-state index contributed by atoms with van der Waals surface area (Å²) in [7, 11) is 0. The Kier molecular flexibility index (Phi) is 3.95. The van der Waals surface area contributed by atoms with Gasteiger partial charge in [0.05, 0.1) is 6.61 Å². The lowest BCUT2D eigenvalue weighted by molar-refractivity contribution is 0.316. The molecule has 1 unspecified atom stereocenters. The van der Waals surface area contributed by atoms with Gasteiger partial charge in [0.15, 0.2) is 0 Å². The van der Waals surface area contributed by atoms with E-state index in [1.807, 2.05) is 12.1 Å². The molecule has 1 aliphatic heterocycles. The number of hydrogen-bond donors (Lipinski definition) is 1. The van der Waals surface area contributed by atoms with Crippen molar-refractivity contribution in [1.29, 1.82) is 0 Å². The quantitative estimate of drug-likeness (QED) is 0.815. The van der Waals surface area contributed by atoms with Crippen molar-refractivity contribution in [3.05, 3.63) is 29.8 Å². The molecule has 0 amide bonds. The molecule has 1 atom stereocenters. The fourth-order valence-electron chi connectivity index (χ4n) is 2.03. The summed E-state index contributed by atoms with van der Waals surface area (Å²) in [5, 5.41) is 3.49. The van der Waals surface area contributed by atoms with Crippen molar-refractivity contribution >= 4 is 11.6 Å². The van der Waals surface area contributed by atoms with Gasteiger partial charge in [-0.2, -0.15) is 0 Å². The maximum Gasteiger partial charge on any atom is 0.122 e. The van der Waals surface area contributed by atoms with Gasteiger partial charge >= 0.3 is 0 Å². The largest absolute Gasteiger partial charge is 0.493 e. The average Bonchev–Trinajstić information content (AvgIpc) is 2.73. The first-order valence-corrected chi connectivity index (χ1v) is 6.64. The first-order chi connectivity index (χ1) is 8.12. The maximum absolute atomic E-state index is 5.90. The Morgan fingerprint density at radius 3 is 2.94 bits per heavy atom. The Labute approximate surface area is 108 Å². The number of hydrogen-bond acceptors (Lipinski definition) is 2. The molecular weight excluding hydrogens is 234 g/mol. The molecule has 1 aromatic carbocycles. The molecule has 0 bridgehead atoms. The molecule has 0 saturated heterocycles. The third-order valence-corrected chi connectivity index (χ3v) is 3.88. The number of rotatable bonds is 5. The van der Waals surface area contributed by atoms with Crippen molar-refractivity contribution in [2.24, 2.45) is 5.41 Å². The summed E-state index contributed by atoms with van der Waals surface area (Å²) in [4.78, 5) is 0. The van der Waals surface area contributed by atoms with E-state index in [0.717, 1.165) is 25.4 Å². The first-order valence-electron chi connectivity index (χ1n) is 6.11. The molecule has 1 N–H and O–H groups in total. The van der Waals surface area contributed by atoms with E-state index in [-0.39, 0.29) is 5.41 Å². The van der Waals surface area contributed by atoms with Gasteiger partial charge in [0.25, 0.3) is 0 Å². The highest BCUT2D eigenvalue weighted by Crippen LogP contribution is 2.32. The second-order valence-electron chi connectivity index (χ2n) is 5.47. The van der Waals surface area contributed by atoms with Crippen LogP contribution in [0.5, 0.6) is 5.75 Å². The SMILES string of the molecule is CC(C)(CCl)CNCC1COc2ccccc21. The summed E-state index contributed by atoms with van der Waals surface area (Å²) in [5.74, 6) is 2.19. The van der Waals surface area contributed by atoms with E-state index in [2.05, 4.69) is 31.3 Å². The summed E-state index contributed by atoms with van der Waals surface area (Å²) in [6.07, 6.45) is 0. The summed E-state index contributed by atoms with van der Waals surface area (Å²) in [5.41, 5.74) is 1.48. The smallest absolute Gasteiger partial charge is 0.122 e. The minimum atomic E-state index is 0.153. The number of alkyl halides is 1. The number of ether oxygens (including phenoxy) is 1. The van der Waals surface area contributed by atoms with Crippen LogP contribution in [0.15, 0.2) is 24.3 Å². The van der Waals surface area contributed by atoms with E-state index in [9.17, 15) is 0 Å². The Balaban J connectivity index is 1.86. The van der Waals surface area contributed by atoms with Crippen LogP contribution in [0.1, 0.15) is 25.3 Å². The van der Waals surface area contributed by atoms with Crippen LogP contribution in [0.3, 0.4) is 0 Å². The van der Waals surface area contributed by atoms with Crippen molar-refractivity contribution in [3.63, 3.8) is 0 Å². The fourth-order valence-corrected chi connectivity index (χ4v) is 2.12. The van der Waals surface area contributed by atoms with Crippen LogP contribution in [0.25, 0.3) is 0 Å². The molecule has 3 heteroatoms. The van der Waals surface area contributed by atoms with Gasteiger partial charge in [0.1, 0.15) is 5.75 Å². The zero-order valence-electron chi connectivity index (χ0n) is 10.5. The molecule has 2 nitrogen and oxygen atoms in total. The summed E-state index contributed by atoms with van der Waals surface area (Å²) in [6, 6.07) is 8.29. The predicted octanol–water partition coefficient (Wildman–Crippen LogP) is 3.02. The second kappa shape index (κ2) is 5.28. The van der Waals surface area contributed by atoms with E-state index < -0.39 is 0 Å². The van der Waals surface area contributed by atoms with Crippen LogP contribution in [0, 0.1) is 5.41 Å². The van der Waals surface area contributed by atoms with Crippen LogP contribution < -0.4 is 10.1 Å². The molecule has 94 valence electrons. The average molecular weight is 254 g/mol. The molecule has 1 heterocycles. The molecule has 1 aliphatic rings. The number of fused-ring (bicyclic) bond motifs is 1. The molecule has 0 radical (unpaired) electrons. The van der Waals surface area contributed by atoms with Gasteiger partial charge in [0, 0.05) is 30.5 Å². The topological polar surface area (TPSA) is 21.3 Å². The predicted molar refractivity (Wildman–Crippen MR) is 72.0 cm³/mol. The Bertz CT molecular complexity index is 378. The van der Waals surface area contributed by atoms with Gasteiger partial charge in [-0.15, -0.1) is 11.6 Å². The lowest BCUT2D eigenvalue weighted by Gasteiger charge is -2.22. The van der Waals surface area contributed by atoms with Gasteiger partial charge in [-0.3, -0.25) is 0 Å². The fraction of sp³-hybridized carbons (Fsp3) is 0.571. The molecule has 0 aromatic heterocycles. The van der Waals surface area contributed by atoms with E-state index in [0.29, 0.717) is 11.8 Å². The van der Waals surface area contributed by atoms with E-state index in [1.165, 1.54) is 5.56 Å². The van der Waals surface area contributed by atoms with E-state index >= 15 is 0 Å². The highest BCUT2D eigenvalue weighted by Gasteiger charge is 2.24. The first kappa shape index (κ1) is 12.7. The third kappa shape index (κ3) is 3.14. The Morgan fingerprint density at radius 2 is 2.18 bits per heavy atom. The van der Waals surface area contributed by atoms with Crippen molar-refractivity contribution in [2.75, 3.05) is 25.6 Å². The zero-order chi connectivity index (χ0) is 12.3. The lowest BCUT2D eigenvalue weighted by atomic mass is 9.95. The van der Waals surface area contributed by atoms with Crippen molar-refractivity contribution < 1.29 is 4.74 Å². The standard InChI is InChI=1S/C14H20ClNO/c1-14(2,9-15)10-16-7-11-8-17-13-6-4-3-5-12(11)13/h3-6,11,16H,7-10H2,1-2H3. The number of halogens is 1. The molecule has 0 saturated carbocycles. The van der Waals surface area contributed by atoms with Crippen molar-refractivity contribution in [1.82, 2.24) is 5.32 Å². The minimum Gasteiger partial charge on any atom is -0.493 e. The van der Waals surface area contributed by atoms with Crippen LogP contribution in [-0.4, -0.2) is 25.6 Å². The highest BCUT2D eigenvalue weighted by atomic mass is 35.5. The van der Waals surface area contributed by atoms with Gasteiger partial charge in [-0.1, -0.05) is 32.0 Å². The summed E-state index contributed by atoms with van der Waals surface area (Å²) in [6.45, 7) is 7.03. The molecule has 2 rings (SSSR count). The normalized spacial score (nSPS) is 18.9. The van der Waals surface area contributed by atoms with Gasteiger partial charge in [-0.05, 0) is 11.5 Å². The van der Waals surface area contributed by atoms with Crippen molar-refractivity contribution in [2.45, 2.75) is 19.8 Å². The van der Waals surface area contributed by atoms with Crippen LogP contribution in [0.4, 0.5) is 0 Å². The Hall–Kier alpha value is -0.730. The zero-order valence-corrected chi connectivity index (χ0v) is 11.3. The molecule has 17 heavy (non-hydrogen) atoms.